The summed E-state index contributed by atoms with van der Waals surface area (Å²) in [4.78, 5) is 0. The van der Waals surface area contributed by atoms with Gasteiger partial charge in [-0.2, -0.15) is 0 Å². The predicted molar refractivity (Wildman–Crippen MR) is 113 cm³/mol. The van der Waals surface area contributed by atoms with Gasteiger partial charge in [0.05, 0.1) is 5.02 Å². The Balaban J connectivity index is 1.65. The van der Waals surface area contributed by atoms with E-state index in [0.717, 1.165) is 22.0 Å². The van der Waals surface area contributed by atoms with E-state index in [0.29, 0.717) is 22.9 Å². The number of benzene rings is 4. The van der Waals surface area contributed by atoms with Crippen molar-refractivity contribution >= 4 is 28.1 Å². The zero-order valence-electron chi connectivity index (χ0n) is 15.2. The largest absolute Gasteiger partial charge is 0.488 e. The molecule has 4 aromatic rings. The first kappa shape index (κ1) is 18.3. The van der Waals surface area contributed by atoms with Gasteiger partial charge in [0.2, 0.25) is 0 Å². The third-order valence-corrected chi connectivity index (χ3v) is 5.03. The van der Waals surface area contributed by atoms with Gasteiger partial charge in [0.25, 0.3) is 0 Å². The minimum Gasteiger partial charge on any atom is -0.488 e. The molecule has 0 aliphatic carbocycles. The Hall–Kier alpha value is -3.04. The molecule has 4 aromatic carbocycles. The second kappa shape index (κ2) is 8.32. The molecule has 0 saturated carbocycles. The van der Waals surface area contributed by atoms with Crippen LogP contribution >= 0.6 is 11.6 Å². The fraction of sp³-hybridized carbons (Fsp3) is 0.0833. The van der Waals surface area contributed by atoms with Gasteiger partial charge in [-0.05, 0) is 41.1 Å². The van der Waals surface area contributed by atoms with Crippen molar-refractivity contribution in [2.24, 2.45) is 0 Å². The number of anilines is 1. The fourth-order valence-corrected chi connectivity index (χ4v) is 3.42. The zero-order chi connectivity index (χ0) is 19.3. The minimum absolute atomic E-state index is 0.0716. The maximum Gasteiger partial charge on any atom is 0.131 e. The monoisotopic (exact) mass is 391 g/mol. The van der Waals surface area contributed by atoms with Crippen molar-refractivity contribution in [1.82, 2.24) is 0 Å². The van der Waals surface area contributed by atoms with Crippen LogP contribution in [0.1, 0.15) is 11.1 Å². The van der Waals surface area contributed by atoms with Gasteiger partial charge >= 0.3 is 0 Å². The molecule has 140 valence electrons. The van der Waals surface area contributed by atoms with Crippen LogP contribution in [0.5, 0.6) is 5.75 Å². The molecule has 1 N–H and O–H groups in total. The maximum atomic E-state index is 14.1. The van der Waals surface area contributed by atoms with Crippen LogP contribution in [-0.4, -0.2) is 0 Å². The predicted octanol–water partition coefficient (Wildman–Crippen LogP) is 6.82. The van der Waals surface area contributed by atoms with Crippen molar-refractivity contribution in [3.63, 3.8) is 0 Å². The molecule has 0 aliphatic rings. The van der Waals surface area contributed by atoms with Crippen molar-refractivity contribution in [3.8, 4) is 5.75 Å². The highest BCUT2D eigenvalue weighted by molar-refractivity contribution is 6.31. The molecule has 0 bridgehead atoms. The molecule has 0 heterocycles. The van der Waals surface area contributed by atoms with E-state index in [9.17, 15) is 4.39 Å². The molecule has 4 rings (SSSR count). The molecule has 0 aromatic heterocycles. The van der Waals surface area contributed by atoms with E-state index < -0.39 is 0 Å². The van der Waals surface area contributed by atoms with E-state index in [2.05, 4.69) is 17.4 Å². The molecule has 0 amide bonds. The number of hydrogen-bond donors (Lipinski definition) is 1. The quantitative estimate of drug-likeness (QED) is 0.389. The van der Waals surface area contributed by atoms with Crippen LogP contribution in [0.2, 0.25) is 5.02 Å². The van der Waals surface area contributed by atoms with E-state index in [1.54, 1.807) is 12.1 Å². The molecule has 0 spiro atoms. The van der Waals surface area contributed by atoms with Crippen LogP contribution in [0.15, 0.2) is 84.9 Å². The van der Waals surface area contributed by atoms with E-state index in [1.807, 2.05) is 54.6 Å². The lowest BCUT2D eigenvalue weighted by Gasteiger charge is -2.16. The highest BCUT2D eigenvalue weighted by atomic mass is 35.5. The summed E-state index contributed by atoms with van der Waals surface area (Å²) in [7, 11) is 0. The van der Waals surface area contributed by atoms with Gasteiger partial charge in [-0.25, -0.2) is 4.39 Å². The minimum atomic E-state index is -0.364. The second-order valence-electron chi connectivity index (χ2n) is 6.47. The summed E-state index contributed by atoms with van der Waals surface area (Å²) >= 11 is 6.14. The summed E-state index contributed by atoms with van der Waals surface area (Å²) in [6, 6.07) is 26.7. The van der Waals surface area contributed by atoms with Gasteiger partial charge in [-0.3, -0.25) is 0 Å². The first-order chi connectivity index (χ1) is 13.7. The SMILES string of the molecule is Fc1cccc(Cl)c1COc1ccc2ccccc2c1CNc1ccccc1. The topological polar surface area (TPSA) is 21.3 Å². The number of ether oxygens (including phenoxy) is 1. The normalized spacial score (nSPS) is 10.8. The lowest BCUT2D eigenvalue weighted by Crippen LogP contribution is -2.05. The highest BCUT2D eigenvalue weighted by Gasteiger charge is 2.12. The Labute approximate surface area is 168 Å². The van der Waals surface area contributed by atoms with Crippen LogP contribution in [-0.2, 0) is 13.2 Å². The van der Waals surface area contributed by atoms with Crippen LogP contribution in [0.4, 0.5) is 10.1 Å². The molecular weight excluding hydrogens is 373 g/mol. The summed E-state index contributed by atoms with van der Waals surface area (Å²) in [5.41, 5.74) is 2.41. The summed E-state index contributed by atoms with van der Waals surface area (Å²) in [5, 5.41) is 6.03. The summed E-state index contributed by atoms with van der Waals surface area (Å²) in [6.07, 6.45) is 0. The van der Waals surface area contributed by atoms with Gasteiger partial charge in [0.1, 0.15) is 18.2 Å². The number of hydrogen-bond acceptors (Lipinski definition) is 2. The molecule has 2 nitrogen and oxygen atoms in total. The number of nitrogens with one attached hydrogen (secondary N) is 1. The van der Waals surface area contributed by atoms with E-state index in [-0.39, 0.29) is 12.4 Å². The summed E-state index contributed by atoms with van der Waals surface area (Å²) in [5.74, 6) is 0.346. The molecule has 0 radical (unpaired) electrons. The van der Waals surface area contributed by atoms with Crippen molar-refractivity contribution in [3.05, 3.63) is 107 Å². The molecule has 4 heteroatoms. The van der Waals surface area contributed by atoms with Gasteiger partial charge in [0, 0.05) is 23.4 Å². The Bertz CT molecular complexity index is 1080. The zero-order valence-corrected chi connectivity index (χ0v) is 15.9. The maximum absolute atomic E-state index is 14.1. The second-order valence-corrected chi connectivity index (χ2v) is 6.88. The molecule has 0 aliphatic heterocycles. The van der Waals surface area contributed by atoms with Gasteiger partial charge in [-0.15, -0.1) is 0 Å². The molecular formula is C24H19ClFNO. The van der Waals surface area contributed by atoms with Gasteiger partial charge < -0.3 is 10.1 Å². The molecule has 28 heavy (non-hydrogen) atoms. The van der Waals surface area contributed by atoms with Crippen LogP contribution in [0.3, 0.4) is 0 Å². The number of rotatable bonds is 6. The Morgan fingerprint density at radius 1 is 0.786 bits per heavy atom. The number of fused-ring (bicyclic) bond motifs is 1. The Morgan fingerprint density at radius 3 is 2.39 bits per heavy atom. The highest BCUT2D eigenvalue weighted by Crippen LogP contribution is 2.30. The van der Waals surface area contributed by atoms with E-state index in [1.165, 1.54) is 6.07 Å². The standard InChI is InChI=1S/C24H19ClFNO/c25-22-11-6-12-23(26)21(22)16-28-24-14-13-17-7-4-5-10-19(17)20(24)15-27-18-8-2-1-3-9-18/h1-14,27H,15-16H2. The van der Waals surface area contributed by atoms with Gasteiger partial charge in [-0.1, -0.05) is 66.2 Å². The molecule has 0 saturated heterocycles. The lowest BCUT2D eigenvalue weighted by molar-refractivity contribution is 0.297. The Kier molecular flexibility index (Phi) is 5.45. The van der Waals surface area contributed by atoms with E-state index >= 15 is 0 Å². The number of para-hydroxylation sites is 1. The number of halogens is 2. The smallest absolute Gasteiger partial charge is 0.131 e. The summed E-state index contributed by atoms with van der Waals surface area (Å²) in [6.45, 7) is 0.661. The average molecular weight is 392 g/mol. The van der Waals surface area contributed by atoms with Crippen LogP contribution in [0, 0.1) is 5.82 Å². The first-order valence-electron chi connectivity index (χ1n) is 9.07. The lowest BCUT2D eigenvalue weighted by atomic mass is 10.0. The first-order valence-corrected chi connectivity index (χ1v) is 9.45. The summed E-state index contributed by atoms with van der Waals surface area (Å²) < 4.78 is 20.1. The van der Waals surface area contributed by atoms with Crippen molar-refractivity contribution in [1.29, 1.82) is 0 Å². The van der Waals surface area contributed by atoms with Crippen LogP contribution in [0.25, 0.3) is 10.8 Å². The van der Waals surface area contributed by atoms with Crippen molar-refractivity contribution in [2.75, 3.05) is 5.32 Å². The molecule has 0 atom stereocenters. The van der Waals surface area contributed by atoms with E-state index in [4.69, 9.17) is 16.3 Å². The van der Waals surface area contributed by atoms with Crippen molar-refractivity contribution < 1.29 is 9.13 Å². The third-order valence-electron chi connectivity index (χ3n) is 4.67. The average Bonchev–Trinajstić information content (AvgIpc) is 2.73. The van der Waals surface area contributed by atoms with Crippen molar-refractivity contribution in [2.45, 2.75) is 13.2 Å². The molecule has 0 unspecified atom stereocenters. The third kappa shape index (κ3) is 3.95. The Morgan fingerprint density at radius 2 is 1.57 bits per heavy atom. The fourth-order valence-electron chi connectivity index (χ4n) is 3.20. The van der Waals surface area contributed by atoms with Crippen LogP contribution < -0.4 is 10.1 Å². The van der Waals surface area contributed by atoms with Gasteiger partial charge in [0.15, 0.2) is 0 Å². The molecule has 0 fully saturated rings.